The number of nitrogens with one attached hydrogen (secondary N) is 3. The molecule has 0 saturated heterocycles. The van der Waals surface area contributed by atoms with E-state index in [0.717, 1.165) is 6.07 Å². The van der Waals surface area contributed by atoms with Crippen LogP contribution in [0.4, 0.5) is 4.79 Å². The van der Waals surface area contributed by atoms with E-state index in [1.165, 1.54) is 7.05 Å². The molecule has 0 spiro atoms. The Kier molecular flexibility index (Phi) is 5.50. The van der Waals surface area contributed by atoms with Gasteiger partial charge in [-0.3, -0.25) is 14.9 Å². The van der Waals surface area contributed by atoms with Crippen molar-refractivity contribution in [1.29, 1.82) is 0 Å². The van der Waals surface area contributed by atoms with Gasteiger partial charge in [0, 0.05) is 29.6 Å². The molecule has 0 aliphatic carbocycles. The van der Waals surface area contributed by atoms with Crippen LogP contribution >= 0.6 is 0 Å². The number of aromatic nitrogens is 1. The fraction of sp³-hybridized carbons (Fsp3) is 0.100. The molecule has 2 aromatic carbocycles. The number of para-hydroxylation sites is 1. The topological polar surface area (TPSA) is 117 Å². The van der Waals surface area contributed by atoms with Gasteiger partial charge in [0.05, 0.1) is 5.56 Å². The van der Waals surface area contributed by atoms with Gasteiger partial charge in [-0.1, -0.05) is 48.5 Å². The molecule has 3 amide bonds. The van der Waals surface area contributed by atoms with Gasteiger partial charge in [0.2, 0.25) is 11.7 Å². The van der Waals surface area contributed by atoms with E-state index in [-0.39, 0.29) is 5.56 Å². The molecule has 3 rings (SSSR count). The summed E-state index contributed by atoms with van der Waals surface area (Å²) >= 11 is 0. The molecule has 1 heterocycles. The average molecular weight is 379 g/mol. The zero-order chi connectivity index (χ0) is 20.1. The molecule has 0 bridgehead atoms. The summed E-state index contributed by atoms with van der Waals surface area (Å²) in [5.41, 5.74) is 0.393. The maximum atomic E-state index is 12.8. The highest BCUT2D eigenvalue weighted by molar-refractivity contribution is 6.05. The van der Waals surface area contributed by atoms with E-state index >= 15 is 0 Å². The number of carbonyl (C=O) groups excluding carboxylic acids is 3. The number of hydrogen-bond donors (Lipinski definition) is 3. The van der Waals surface area contributed by atoms with Crippen LogP contribution in [0.2, 0.25) is 0 Å². The van der Waals surface area contributed by atoms with Crippen molar-refractivity contribution in [2.75, 3.05) is 7.05 Å². The highest BCUT2D eigenvalue weighted by Crippen LogP contribution is 2.22. The van der Waals surface area contributed by atoms with Gasteiger partial charge in [-0.15, -0.1) is 0 Å². The second kappa shape index (κ2) is 8.17. The van der Waals surface area contributed by atoms with Crippen molar-refractivity contribution in [3.63, 3.8) is 0 Å². The molecular weight excluding hydrogens is 362 g/mol. The third-order valence-electron chi connectivity index (χ3n) is 4.00. The number of benzene rings is 2. The number of imide groups is 1. The third kappa shape index (κ3) is 4.07. The molecule has 28 heavy (non-hydrogen) atoms. The number of amides is 3. The Labute approximate surface area is 159 Å². The van der Waals surface area contributed by atoms with Crippen LogP contribution in [0.5, 0.6) is 0 Å². The molecule has 8 heteroatoms. The molecule has 8 nitrogen and oxygen atoms in total. The second-order valence-corrected chi connectivity index (χ2v) is 5.86. The SMILES string of the molecule is CNC(=O)NC(=O)[C@@H](OC(=O)c1cc(=O)[nH]c2ccccc12)c1ccccc1. The van der Waals surface area contributed by atoms with Crippen molar-refractivity contribution in [3.05, 3.63) is 82.1 Å². The molecule has 1 atom stereocenters. The van der Waals surface area contributed by atoms with Gasteiger partial charge in [-0.2, -0.15) is 0 Å². The largest absolute Gasteiger partial charge is 0.444 e. The van der Waals surface area contributed by atoms with Crippen LogP contribution in [0.15, 0.2) is 65.5 Å². The molecule has 142 valence electrons. The molecule has 1 aromatic heterocycles. The Morgan fingerprint density at radius 3 is 2.39 bits per heavy atom. The summed E-state index contributed by atoms with van der Waals surface area (Å²) in [5, 5.41) is 4.84. The third-order valence-corrected chi connectivity index (χ3v) is 4.00. The summed E-state index contributed by atoms with van der Waals surface area (Å²) in [6.07, 6.45) is -1.37. The Hall–Kier alpha value is -3.94. The minimum atomic E-state index is -1.37. The zero-order valence-corrected chi connectivity index (χ0v) is 14.9. The van der Waals surface area contributed by atoms with Crippen molar-refractivity contribution in [2.24, 2.45) is 0 Å². The lowest BCUT2D eigenvalue weighted by Gasteiger charge is -2.18. The lowest BCUT2D eigenvalue weighted by atomic mass is 10.1. The first-order valence-electron chi connectivity index (χ1n) is 8.40. The van der Waals surface area contributed by atoms with Crippen molar-refractivity contribution in [2.45, 2.75) is 6.10 Å². The number of aromatic amines is 1. The number of esters is 1. The molecule has 0 fully saturated rings. The molecule has 0 unspecified atom stereocenters. The van der Waals surface area contributed by atoms with E-state index in [1.807, 2.05) is 0 Å². The first-order chi connectivity index (χ1) is 13.5. The Balaban J connectivity index is 1.97. The molecule has 0 aliphatic heterocycles. The van der Waals surface area contributed by atoms with Crippen LogP contribution in [0.3, 0.4) is 0 Å². The van der Waals surface area contributed by atoms with E-state index in [2.05, 4.69) is 15.6 Å². The van der Waals surface area contributed by atoms with Crippen LogP contribution in [0, 0.1) is 0 Å². The first kappa shape index (κ1) is 18.8. The Bertz CT molecular complexity index is 1090. The average Bonchev–Trinajstić information content (AvgIpc) is 2.71. The van der Waals surface area contributed by atoms with E-state index in [4.69, 9.17) is 4.74 Å². The summed E-state index contributed by atoms with van der Waals surface area (Å²) in [4.78, 5) is 51.3. The van der Waals surface area contributed by atoms with Crippen molar-refractivity contribution in [3.8, 4) is 0 Å². The van der Waals surface area contributed by atoms with Crippen molar-refractivity contribution < 1.29 is 19.1 Å². The number of fused-ring (bicyclic) bond motifs is 1. The van der Waals surface area contributed by atoms with Gasteiger partial charge in [-0.05, 0) is 6.07 Å². The molecule has 3 N–H and O–H groups in total. The molecular formula is C20H17N3O5. The minimum Gasteiger partial charge on any atom is -0.444 e. The molecule has 0 aliphatic rings. The van der Waals surface area contributed by atoms with Gasteiger partial charge >= 0.3 is 12.0 Å². The summed E-state index contributed by atoms with van der Waals surface area (Å²) in [6.45, 7) is 0. The van der Waals surface area contributed by atoms with E-state index in [0.29, 0.717) is 16.5 Å². The number of rotatable bonds is 4. The maximum absolute atomic E-state index is 12.8. The van der Waals surface area contributed by atoms with E-state index in [1.54, 1.807) is 54.6 Å². The number of pyridine rings is 1. The summed E-state index contributed by atoms with van der Waals surface area (Å²) < 4.78 is 5.41. The summed E-state index contributed by atoms with van der Waals surface area (Å²) in [7, 11) is 1.36. The first-order valence-corrected chi connectivity index (χ1v) is 8.40. The van der Waals surface area contributed by atoms with E-state index in [9.17, 15) is 19.2 Å². The molecule has 0 saturated carbocycles. The molecule has 3 aromatic rings. The minimum absolute atomic E-state index is 0.0213. The van der Waals surface area contributed by atoms with E-state index < -0.39 is 29.6 Å². The van der Waals surface area contributed by atoms with Crippen LogP contribution in [-0.4, -0.2) is 29.9 Å². The number of ether oxygens (including phenoxy) is 1. The normalized spacial score (nSPS) is 11.5. The number of H-pyrrole nitrogens is 1. The predicted molar refractivity (Wildman–Crippen MR) is 102 cm³/mol. The van der Waals surface area contributed by atoms with Gasteiger partial charge < -0.3 is 15.0 Å². The summed E-state index contributed by atoms with van der Waals surface area (Å²) in [5.74, 6) is -1.67. The Morgan fingerprint density at radius 1 is 1.00 bits per heavy atom. The second-order valence-electron chi connectivity index (χ2n) is 5.86. The fourth-order valence-electron chi connectivity index (χ4n) is 2.68. The van der Waals surface area contributed by atoms with Crippen LogP contribution in [-0.2, 0) is 9.53 Å². The predicted octanol–water partition coefficient (Wildman–Crippen LogP) is 1.88. The van der Waals surface area contributed by atoms with Gasteiger partial charge in [0.15, 0.2) is 0 Å². The smallest absolute Gasteiger partial charge is 0.340 e. The number of urea groups is 1. The number of hydrogen-bond acceptors (Lipinski definition) is 5. The van der Waals surface area contributed by atoms with Gasteiger partial charge in [0.25, 0.3) is 5.91 Å². The highest BCUT2D eigenvalue weighted by atomic mass is 16.5. The molecule has 0 radical (unpaired) electrons. The fourth-order valence-corrected chi connectivity index (χ4v) is 2.68. The van der Waals surface area contributed by atoms with Gasteiger partial charge in [0.1, 0.15) is 0 Å². The van der Waals surface area contributed by atoms with Crippen LogP contribution < -0.4 is 16.2 Å². The maximum Gasteiger partial charge on any atom is 0.340 e. The zero-order valence-electron chi connectivity index (χ0n) is 14.9. The van der Waals surface area contributed by atoms with Gasteiger partial charge in [-0.25, -0.2) is 9.59 Å². The van der Waals surface area contributed by atoms with Crippen molar-refractivity contribution in [1.82, 2.24) is 15.6 Å². The quantitative estimate of drug-likeness (QED) is 0.599. The Morgan fingerprint density at radius 2 is 1.68 bits per heavy atom. The lowest BCUT2D eigenvalue weighted by Crippen LogP contribution is -2.41. The monoisotopic (exact) mass is 379 g/mol. The van der Waals surface area contributed by atoms with Crippen LogP contribution in [0.25, 0.3) is 10.9 Å². The number of carbonyl (C=O) groups is 3. The lowest BCUT2D eigenvalue weighted by molar-refractivity contribution is -0.129. The highest BCUT2D eigenvalue weighted by Gasteiger charge is 2.27. The summed E-state index contributed by atoms with van der Waals surface area (Å²) in [6, 6.07) is 15.4. The van der Waals surface area contributed by atoms with Crippen molar-refractivity contribution >= 4 is 28.8 Å². The standard InChI is InChI=1S/C20H17N3O5/c1-21-20(27)23-18(25)17(12-7-3-2-4-8-12)28-19(26)14-11-16(24)22-15-10-6-5-9-13(14)15/h2-11,17H,1H3,(H,22,24)(H2,21,23,25,27)/t17-/m0/s1. The van der Waals surface area contributed by atoms with Crippen LogP contribution in [0.1, 0.15) is 22.0 Å².